The Morgan fingerprint density at radius 2 is 1.73 bits per heavy atom. The lowest BCUT2D eigenvalue weighted by molar-refractivity contribution is 0.102. The zero-order valence-corrected chi connectivity index (χ0v) is 13.4. The Balaban J connectivity index is 2.08. The maximum absolute atomic E-state index is 12.4. The van der Waals surface area contributed by atoms with E-state index in [1.165, 1.54) is 0 Å². The van der Waals surface area contributed by atoms with E-state index in [2.05, 4.69) is 10.3 Å². The molecule has 0 radical (unpaired) electrons. The number of amides is 1. The molecule has 0 aliphatic heterocycles. The second kappa shape index (κ2) is 6.13. The first kappa shape index (κ1) is 15.1. The number of hydrogen-bond acceptors (Lipinski definition) is 2. The lowest BCUT2D eigenvalue weighted by atomic mass is 10.1. The molecule has 0 aliphatic carbocycles. The standard InChI is InChI=1S/C16H9Cl3N2O/c17-11-6-2-1-4-10(11)16(22)21-15-13(19)8-12(18)9-5-3-7-20-14(9)15/h1-8H,(H,21,22). The lowest BCUT2D eigenvalue weighted by Gasteiger charge is -2.12. The number of rotatable bonds is 2. The van der Waals surface area contributed by atoms with Crippen LogP contribution in [0.4, 0.5) is 5.69 Å². The van der Waals surface area contributed by atoms with Gasteiger partial charge in [-0.2, -0.15) is 0 Å². The molecule has 0 atom stereocenters. The molecule has 0 unspecified atom stereocenters. The summed E-state index contributed by atoms with van der Waals surface area (Å²) in [6.07, 6.45) is 1.61. The minimum atomic E-state index is -0.359. The van der Waals surface area contributed by atoms with Crippen molar-refractivity contribution in [1.29, 1.82) is 0 Å². The highest BCUT2D eigenvalue weighted by Gasteiger charge is 2.16. The van der Waals surface area contributed by atoms with E-state index in [0.717, 1.165) is 0 Å². The van der Waals surface area contributed by atoms with Gasteiger partial charge in [0.1, 0.15) is 0 Å². The number of halogens is 3. The van der Waals surface area contributed by atoms with Crippen LogP contribution in [0.1, 0.15) is 10.4 Å². The molecule has 110 valence electrons. The Bertz CT molecular complexity index is 880. The van der Waals surface area contributed by atoms with Gasteiger partial charge < -0.3 is 5.32 Å². The van der Waals surface area contributed by atoms with E-state index in [9.17, 15) is 4.79 Å². The lowest BCUT2D eigenvalue weighted by Crippen LogP contribution is -2.13. The van der Waals surface area contributed by atoms with Crippen molar-refractivity contribution in [3.8, 4) is 0 Å². The van der Waals surface area contributed by atoms with Gasteiger partial charge in [0, 0.05) is 11.6 Å². The Morgan fingerprint density at radius 1 is 0.955 bits per heavy atom. The summed E-state index contributed by atoms with van der Waals surface area (Å²) in [4.78, 5) is 16.7. The monoisotopic (exact) mass is 350 g/mol. The van der Waals surface area contributed by atoms with E-state index in [1.807, 2.05) is 6.07 Å². The third-order valence-electron chi connectivity index (χ3n) is 3.15. The van der Waals surface area contributed by atoms with Crippen LogP contribution in [-0.4, -0.2) is 10.9 Å². The van der Waals surface area contributed by atoms with Gasteiger partial charge in [-0.15, -0.1) is 0 Å². The second-order valence-electron chi connectivity index (χ2n) is 4.55. The summed E-state index contributed by atoms with van der Waals surface area (Å²) in [7, 11) is 0. The molecule has 3 rings (SSSR count). The number of nitrogens with zero attached hydrogens (tertiary/aromatic N) is 1. The first-order valence-electron chi connectivity index (χ1n) is 6.36. The zero-order chi connectivity index (χ0) is 15.7. The second-order valence-corrected chi connectivity index (χ2v) is 5.77. The Morgan fingerprint density at radius 3 is 2.50 bits per heavy atom. The minimum Gasteiger partial charge on any atom is -0.319 e. The smallest absolute Gasteiger partial charge is 0.257 e. The van der Waals surface area contributed by atoms with Gasteiger partial charge in [0.25, 0.3) is 5.91 Å². The van der Waals surface area contributed by atoms with Gasteiger partial charge in [0.2, 0.25) is 0 Å². The van der Waals surface area contributed by atoms with E-state index >= 15 is 0 Å². The van der Waals surface area contributed by atoms with Crippen molar-refractivity contribution < 1.29 is 4.79 Å². The molecule has 0 bridgehead atoms. The molecular weight excluding hydrogens is 343 g/mol. The topological polar surface area (TPSA) is 42.0 Å². The quantitative estimate of drug-likeness (QED) is 0.667. The summed E-state index contributed by atoms with van der Waals surface area (Å²) in [6, 6.07) is 11.9. The number of hydrogen-bond donors (Lipinski definition) is 1. The molecule has 0 saturated carbocycles. The molecular formula is C16H9Cl3N2O. The minimum absolute atomic E-state index is 0.316. The molecule has 0 fully saturated rings. The van der Waals surface area contributed by atoms with Crippen LogP contribution in [-0.2, 0) is 0 Å². The number of anilines is 1. The molecule has 6 heteroatoms. The Hall–Kier alpha value is -1.81. The summed E-state index contributed by atoms with van der Waals surface area (Å²) in [5.41, 5.74) is 1.30. The SMILES string of the molecule is O=C(Nc1c(Cl)cc(Cl)c2cccnc12)c1ccccc1Cl. The van der Waals surface area contributed by atoms with E-state index in [4.69, 9.17) is 34.8 Å². The van der Waals surface area contributed by atoms with E-state index in [1.54, 1.807) is 42.6 Å². The first-order valence-corrected chi connectivity index (χ1v) is 7.50. The van der Waals surface area contributed by atoms with E-state index in [-0.39, 0.29) is 5.91 Å². The number of fused-ring (bicyclic) bond motifs is 1. The van der Waals surface area contributed by atoms with Crippen molar-refractivity contribution >= 4 is 57.3 Å². The van der Waals surface area contributed by atoms with Crippen LogP contribution in [0.2, 0.25) is 15.1 Å². The van der Waals surface area contributed by atoms with Gasteiger partial charge in [-0.3, -0.25) is 9.78 Å². The summed E-state index contributed by atoms with van der Waals surface area (Å²) < 4.78 is 0. The largest absolute Gasteiger partial charge is 0.319 e. The van der Waals surface area contributed by atoms with Crippen LogP contribution in [0.3, 0.4) is 0 Å². The number of carbonyl (C=O) groups excluding carboxylic acids is 1. The molecule has 2 aromatic carbocycles. The fraction of sp³-hybridized carbons (Fsp3) is 0. The molecule has 1 amide bonds. The van der Waals surface area contributed by atoms with E-state index < -0.39 is 0 Å². The first-order chi connectivity index (χ1) is 10.6. The third-order valence-corrected chi connectivity index (χ3v) is 4.09. The van der Waals surface area contributed by atoms with Crippen LogP contribution >= 0.6 is 34.8 Å². The number of aromatic nitrogens is 1. The highest BCUT2D eigenvalue weighted by Crippen LogP contribution is 2.35. The zero-order valence-electron chi connectivity index (χ0n) is 11.1. The van der Waals surface area contributed by atoms with Crippen LogP contribution in [0.15, 0.2) is 48.7 Å². The molecule has 1 aromatic heterocycles. The summed E-state index contributed by atoms with van der Waals surface area (Å²) in [5, 5.41) is 4.63. The van der Waals surface area contributed by atoms with Crippen molar-refractivity contribution in [1.82, 2.24) is 4.98 Å². The molecule has 3 nitrogen and oxygen atoms in total. The molecule has 1 heterocycles. The van der Waals surface area contributed by atoms with Gasteiger partial charge >= 0.3 is 0 Å². The van der Waals surface area contributed by atoms with Crippen molar-refractivity contribution in [3.05, 3.63) is 69.3 Å². The van der Waals surface area contributed by atoms with Crippen molar-refractivity contribution in [2.75, 3.05) is 5.32 Å². The van der Waals surface area contributed by atoms with Gasteiger partial charge in [0.15, 0.2) is 0 Å². The molecule has 0 spiro atoms. The van der Waals surface area contributed by atoms with Crippen LogP contribution in [0.25, 0.3) is 10.9 Å². The molecule has 3 aromatic rings. The maximum Gasteiger partial charge on any atom is 0.257 e. The van der Waals surface area contributed by atoms with Crippen LogP contribution < -0.4 is 5.32 Å². The fourth-order valence-corrected chi connectivity index (χ4v) is 2.90. The summed E-state index contributed by atoms with van der Waals surface area (Å²) >= 11 is 18.4. The predicted molar refractivity (Wildman–Crippen MR) is 91.2 cm³/mol. The normalized spacial score (nSPS) is 10.7. The molecule has 0 aliphatic rings. The average Bonchev–Trinajstić information content (AvgIpc) is 2.51. The number of nitrogens with one attached hydrogen (secondary N) is 1. The van der Waals surface area contributed by atoms with Crippen LogP contribution in [0, 0.1) is 0 Å². The van der Waals surface area contributed by atoms with Gasteiger partial charge in [-0.05, 0) is 30.3 Å². The van der Waals surface area contributed by atoms with E-state index in [0.29, 0.717) is 37.2 Å². The van der Waals surface area contributed by atoms with Crippen molar-refractivity contribution in [2.45, 2.75) is 0 Å². The highest BCUT2D eigenvalue weighted by molar-refractivity contribution is 6.41. The van der Waals surface area contributed by atoms with Gasteiger partial charge in [-0.1, -0.05) is 46.9 Å². The number of pyridine rings is 1. The molecule has 1 N–H and O–H groups in total. The Labute approximate surface area is 141 Å². The maximum atomic E-state index is 12.4. The van der Waals surface area contributed by atoms with Crippen LogP contribution in [0.5, 0.6) is 0 Å². The number of benzene rings is 2. The van der Waals surface area contributed by atoms with Crippen molar-refractivity contribution in [3.63, 3.8) is 0 Å². The predicted octanol–water partition coefficient (Wildman–Crippen LogP) is 5.45. The number of carbonyl (C=O) groups is 1. The third kappa shape index (κ3) is 2.75. The fourth-order valence-electron chi connectivity index (χ4n) is 2.12. The Kier molecular flexibility index (Phi) is 4.21. The highest BCUT2D eigenvalue weighted by atomic mass is 35.5. The summed E-state index contributed by atoms with van der Waals surface area (Å²) in [5.74, 6) is -0.359. The van der Waals surface area contributed by atoms with Crippen molar-refractivity contribution in [2.24, 2.45) is 0 Å². The molecule has 0 saturated heterocycles. The van der Waals surface area contributed by atoms with Gasteiger partial charge in [-0.25, -0.2) is 0 Å². The van der Waals surface area contributed by atoms with Gasteiger partial charge in [0.05, 0.1) is 31.8 Å². The average molecular weight is 352 g/mol. The molecule has 22 heavy (non-hydrogen) atoms. The summed E-state index contributed by atoms with van der Waals surface area (Å²) in [6.45, 7) is 0.